The second-order valence-electron chi connectivity index (χ2n) is 5.50. The van der Waals surface area contributed by atoms with Gasteiger partial charge in [-0.25, -0.2) is 0 Å². The van der Waals surface area contributed by atoms with Gasteiger partial charge in [-0.05, 0) is 35.7 Å². The maximum Gasteiger partial charge on any atom is 0.235 e. The molecule has 0 atom stereocenters. The number of nitrogens with zero attached hydrogens (tertiary/aromatic N) is 4. The van der Waals surface area contributed by atoms with E-state index in [1.165, 1.54) is 23.1 Å². The normalized spacial score (nSPS) is 13.6. The Bertz CT molecular complexity index is 934. The molecule has 1 saturated carbocycles. The number of nitriles is 1. The van der Waals surface area contributed by atoms with E-state index in [2.05, 4.69) is 26.2 Å². The molecule has 0 aliphatic heterocycles. The zero-order chi connectivity index (χ0) is 17.2. The molecule has 9 heteroatoms. The zero-order valence-electron chi connectivity index (χ0n) is 13.0. The van der Waals surface area contributed by atoms with E-state index in [0.717, 1.165) is 28.7 Å². The standard InChI is InChI=1S/C16H13N5OS3/c17-8-10-5-7-24-15(10)18-13(22)9-25-16-20-19-14(12-2-1-6-23-12)21(16)11-3-4-11/h1-2,5-7,11H,3-4,9H2,(H,18,22). The monoisotopic (exact) mass is 387 g/mol. The van der Waals surface area contributed by atoms with Gasteiger partial charge in [0.15, 0.2) is 11.0 Å². The number of aromatic nitrogens is 3. The molecule has 1 aliphatic carbocycles. The van der Waals surface area contributed by atoms with Gasteiger partial charge in [-0.2, -0.15) is 5.26 Å². The average molecular weight is 388 g/mol. The summed E-state index contributed by atoms with van der Waals surface area (Å²) in [6, 6.07) is 8.24. The maximum atomic E-state index is 12.2. The van der Waals surface area contributed by atoms with Gasteiger partial charge in [0.1, 0.15) is 11.1 Å². The number of thioether (sulfide) groups is 1. The topological polar surface area (TPSA) is 83.6 Å². The molecule has 1 N–H and O–H groups in total. The second kappa shape index (κ2) is 7.00. The number of nitrogens with one attached hydrogen (secondary N) is 1. The van der Waals surface area contributed by atoms with E-state index in [1.807, 2.05) is 17.5 Å². The first-order chi connectivity index (χ1) is 12.3. The molecule has 1 amide bonds. The van der Waals surface area contributed by atoms with E-state index >= 15 is 0 Å². The molecule has 0 spiro atoms. The van der Waals surface area contributed by atoms with Gasteiger partial charge in [0.2, 0.25) is 5.91 Å². The minimum absolute atomic E-state index is 0.146. The van der Waals surface area contributed by atoms with Gasteiger partial charge in [-0.15, -0.1) is 32.9 Å². The SMILES string of the molecule is N#Cc1ccsc1NC(=O)CSc1nnc(-c2cccs2)n1C1CC1. The fourth-order valence-corrected chi connectivity index (χ4v) is 4.66. The summed E-state index contributed by atoms with van der Waals surface area (Å²) >= 11 is 4.37. The second-order valence-corrected chi connectivity index (χ2v) is 8.30. The number of rotatable bonds is 6. The minimum Gasteiger partial charge on any atom is -0.316 e. The summed E-state index contributed by atoms with van der Waals surface area (Å²) in [7, 11) is 0. The highest BCUT2D eigenvalue weighted by atomic mass is 32.2. The van der Waals surface area contributed by atoms with Gasteiger partial charge in [-0.3, -0.25) is 9.36 Å². The molecule has 1 fully saturated rings. The fraction of sp³-hybridized carbons (Fsp3) is 0.250. The van der Waals surface area contributed by atoms with Gasteiger partial charge >= 0.3 is 0 Å². The molecule has 0 unspecified atom stereocenters. The Kier molecular flexibility index (Phi) is 4.57. The van der Waals surface area contributed by atoms with Crippen molar-refractivity contribution in [3.63, 3.8) is 0 Å². The van der Waals surface area contributed by atoms with E-state index in [0.29, 0.717) is 16.6 Å². The maximum absolute atomic E-state index is 12.2. The summed E-state index contributed by atoms with van der Waals surface area (Å²) in [6.45, 7) is 0. The zero-order valence-corrected chi connectivity index (χ0v) is 15.5. The highest BCUT2D eigenvalue weighted by Crippen LogP contribution is 2.41. The quantitative estimate of drug-likeness (QED) is 0.646. The lowest BCUT2D eigenvalue weighted by atomic mass is 10.3. The Labute approximate surface area is 156 Å². The van der Waals surface area contributed by atoms with Crippen molar-refractivity contribution >= 4 is 45.3 Å². The van der Waals surface area contributed by atoms with E-state index in [-0.39, 0.29) is 11.7 Å². The molecule has 0 radical (unpaired) electrons. The minimum atomic E-state index is -0.146. The number of thiophene rings is 2. The van der Waals surface area contributed by atoms with Crippen LogP contribution in [0.25, 0.3) is 10.7 Å². The van der Waals surface area contributed by atoms with Crippen molar-refractivity contribution in [3.8, 4) is 16.8 Å². The largest absolute Gasteiger partial charge is 0.316 e. The van der Waals surface area contributed by atoms with Crippen molar-refractivity contribution in [1.82, 2.24) is 14.8 Å². The van der Waals surface area contributed by atoms with Crippen LogP contribution in [0.1, 0.15) is 24.4 Å². The predicted octanol–water partition coefficient (Wildman–Crippen LogP) is 4.01. The average Bonchev–Trinajstić information content (AvgIpc) is 3.05. The van der Waals surface area contributed by atoms with E-state index < -0.39 is 0 Å². The molecule has 3 aromatic rings. The smallest absolute Gasteiger partial charge is 0.235 e. The highest BCUT2D eigenvalue weighted by Gasteiger charge is 2.30. The molecule has 3 aromatic heterocycles. The summed E-state index contributed by atoms with van der Waals surface area (Å²) in [5.74, 6) is 0.968. The summed E-state index contributed by atoms with van der Waals surface area (Å²) < 4.78 is 2.15. The van der Waals surface area contributed by atoms with Crippen molar-refractivity contribution < 1.29 is 4.79 Å². The van der Waals surface area contributed by atoms with Crippen LogP contribution in [0.3, 0.4) is 0 Å². The van der Waals surface area contributed by atoms with Crippen LogP contribution in [0.4, 0.5) is 5.00 Å². The summed E-state index contributed by atoms with van der Waals surface area (Å²) in [4.78, 5) is 13.3. The van der Waals surface area contributed by atoms with Crippen LogP contribution in [-0.4, -0.2) is 26.4 Å². The Balaban J connectivity index is 1.46. The summed E-state index contributed by atoms with van der Waals surface area (Å²) in [6.07, 6.45) is 2.24. The first kappa shape index (κ1) is 16.3. The van der Waals surface area contributed by atoms with Gasteiger partial charge in [0, 0.05) is 6.04 Å². The lowest BCUT2D eigenvalue weighted by Crippen LogP contribution is -2.14. The Hall–Kier alpha value is -2.15. The Morgan fingerprint density at radius 2 is 2.24 bits per heavy atom. The molecular formula is C16H13N5OS3. The van der Waals surface area contributed by atoms with Crippen LogP contribution in [0, 0.1) is 11.3 Å². The van der Waals surface area contributed by atoms with Crippen LogP contribution in [0.5, 0.6) is 0 Å². The third kappa shape index (κ3) is 3.46. The molecule has 1 aliphatic rings. The third-order valence-electron chi connectivity index (χ3n) is 3.69. The Morgan fingerprint density at radius 3 is 2.96 bits per heavy atom. The van der Waals surface area contributed by atoms with E-state index in [4.69, 9.17) is 5.26 Å². The molecule has 4 rings (SSSR count). The van der Waals surface area contributed by atoms with Crippen LogP contribution in [-0.2, 0) is 4.79 Å². The number of amides is 1. The molecule has 3 heterocycles. The van der Waals surface area contributed by atoms with Crippen LogP contribution in [0.15, 0.2) is 34.1 Å². The Morgan fingerprint density at radius 1 is 1.36 bits per heavy atom. The van der Waals surface area contributed by atoms with Crippen LogP contribution in [0.2, 0.25) is 0 Å². The van der Waals surface area contributed by atoms with Crippen LogP contribution < -0.4 is 5.32 Å². The molecule has 0 saturated heterocycles. The van der Waals surface area contributed by atoms with Gasteiger partial charge < -0.3 is 5.32 Å². The van der Waals surface area contributed by atoms with E-state index in [9.17, 15) is 4.79 Å². The molecule has 6 nitrogen and oxygen atoms in total. The molecular weight excluding hydrogens is 374 g/mol. The van der Waals surface area contributed by atoms with Crippen molar-refractivity contribution in [1.29, 1.82) is 5.26 Å². The lowest BCUT2D eigenvalue weighted by Gasteiger charge is -2.07. The third-order valence-corrected chi connectivity index (χ3v) is 6.33. The van der Waals surface area contributed by atoms with E-state index in [1.54, 1.807) is 22.8 Å². The first-order valence-corrected chi connectivity index (χ1v) is 10.4. The molecule has 0 bridgehead atoms. The molecule has 25 heavy (non-hydrogen) atoms. The first-order valence-electron chi connectivity index (χ1n) is 7.65. The van der Waals surface area contributed by atoms with Crippen molar-refractivity contribution in [3.05, 3.63) is 34.5 Å². The summed E-state index contributed by atoms with van der Waals surface area (Å²) in [5, 5.41) is 25.6. The van der Waals surface area contributed by atoms with Gasteiger partial charge in [-0.1, -0.05) is 17.8 Å². The lowest BCUT2D eigenvalue weighted by molar-refractivity contribution is -0.113. The highest BCUT2D eigenvalue weighted by molar-refractivity contribution is 7.99. The number of carbonyl (C=O) groups excluding carboxylic acids is 1. The number of carbonyl (C=O) groups is 1. The molecule has 126 valence electrons. The van der Waals surface area contributed by atoms with Crippen molar-refractivity contribution in [2.75, 3.05) is 11.1 Å². The number of hydrogen-bond donors (Lipinski definition) is 1. The van der Waals surface area contributed by atoms with Crippen molar-refractivity contribution in [2.24, 2.45) is 0 Å². The van der Waals surface area contributed by atoms with Crippen molar-refractivity contribution in [2.45, 2.75) is 24.0 Å². The number of hydrogen-bond acceptors (Lipinski definition) is 7. The van der Waals surface area contributed by atoms with Crippen LogP contribution >= 0.6 is 34.4 Å². The number of anilines is 1. The van der Waals surface area contributed by atoms with Gasteiger partial charge in [0.25, 0.3) is 0 Å². The van der Waals surface area contributed by atoms with Gasteiger partial charge in [0.05, 0.1) is 16.2 Å². The molecule has 0 aromatic carbocycles. The predicted molar refractivity (Wildman–Crippen MR) is 100.0 cm³/mol. The fourth-order valence-electron chi connectivity index (χ4n) is 2.40. The summed E-state index contributed by atoms with van der Waals surface area (Å²) in [5.41, 5.74) is 0.490.